The van der Waals surface area contributed by atoms with Gasteiger partial charge in [-0.2, -0.15) is 0 Å². The van der Waals surface area contributed by atoms with Gasteiger partial charge in [-0.05, 0) is 31.4 Å². The molecular weight excluding hydrogens is 488 g/mol. The number of esters is 1. The fraction of sp³-hybridized carbons (Fsp3) is 0.522. The second-order valence-corrected chi connectivity index (χ2v) is 8.21. The molecule has 14 nitrogen and oxygen atoms in total. The van der Waals surface area contributed by atoms with Crippen LogP contribution in [0.1, 0.15) is 44.1 Å². The molecule has 0 heterocycles. The maximum atomic E-state index is 12.9. The van der Waals surface area contributed by atoms with Gasteiger partial charge < -0.3 is 48.1 Å². The Balaban J connectivity index is 3.13. The second-order valence-electron chi connectivity index (χ2n) is 8.21. The molecule has 1 rings (SSSR count). The van der Waals surface area contributed by atoms with Gasteiger partial charge in [0.2, 0.25) is 29.9 Å². The van der Waals surface area contributed by atoms with Gasteiger partial charge in [-0.15, -0.1) is 0 Å². The molecule has 206 valence electrons. The first kappa shape index (κ1) is 31.3. The lowest BCUT2D eigenvalue weighted by molar-refractivity contribution is -0.140. The van der Waals surface area contributed by atoms with Crippen molar-refractivity contribution in [2.75, 3.05) is 13.1 Å². The molecule has 0 spiro atoms. The van der Waals surface area contributed by atoms with E-state index in [0.29, 0.717) is 5.56 Å². The van der Waals surface area contributed by atoms with E-state index in [2.05, 4.69) is 10.6 Å². The van der Waals surface area contributed by atoms with Crippen LogP contribution in [0.15, 0.2) is 18.2 Å². The van der Waals surface area contributed by atoms with Gasteiger partial charge >= 0.3 is 5.97 Å². The standard InChI is InChI=1S/C23H36N6O8/c1-13-3-2-4-16(36-22(34)14(5-7-17(26)30)28-19(32)9-11-24)21(13)37-23(35)15(6-8-18(27)31)29-20(33)10-12-25/h2-4,14-15,23,35H,5-12,24-25H2,1H3,(H2,26,30)(H2,27,31)(H,28,32)(H,29,33)/t14-,15-,23?/m0/s1. The number of rotatable bonds is 17. The smallest absolute Gasteiger partial charge is 0.334 e. The summed E-state index contributed by atoms with van der Waals surface area (Å²) < 4.78 is 11.1. The number of hydrogen-bond donors (Lipinski definition) is 7. The number of hydrogen-bond acceptors (Lipinski definition) is 10. The number of aliphatic hydroxyl groups excluding tert-OH is 1. The van der Waals surface area contributed by atoms with Crippen LogP contribution in [0.2, 0.25) is 0 Å². The van der Waals surface area contributed by atoms with E-state index in [1.807, 2.05) is 0 Å². The Morgan fingerprint density at radius 2 is 1.46 bits per heavy atom. The zero-order valence-electron chi connectivity index (χ0n) is 20.7. The fourth-order valence-electron chi connectivity index (χ4n) is 3.17. The molecule has 11 N–H and O–H groups in total. The van der Waals surface area contributed by atoms with Gasteiger partial charge in [0.15, 0.2) is 11.5 Å². The molecule has 0 aliphatic carbocycles. The number of nitrogens with two attached hydrogens (primary N) is 4. The third-order valence-corrected chi connectivity index (χ3v) is 5.06. The van der Waals surface area contributed by atoms with Crippen molar-refractivity contribution in [3.8, 4) is 11.5 Å². The van der Waals surface area contributed by atoms with Crippen molar-refractivity contribution in [3.63, 3.8) is 0 Å². The summed E-state index contributed by atoms with van der Waals surface area (Å²) >= 11 is 0. The van der Waals surface area contributed by atoms with Crippen molar-refractivity contribution >= 4 is 29.6 Å². The molecule has 0 aromatic heterocycles. The second kappa shape index (κ2) is 16.1. The van der Waals surface area contributed by atoms with E-state index in [1.165, 1.54) is 6.07 Å². The summed E-state index contributed by atoms with van der Waals surface area (Å²) in [6.45, 7) is 1.75. The summed E-state index contributed by atoms with van der Waals surface area (Å²) in [7, 11) is 0. The molecule has 0 saturated heterocycles. The number of benzene rings is 1. The van der Waals surface area contributed by atoms with Crippen LogP contribution >= 0.6 is 0 Å². The van der Waals surface area contributed by atoms with Gasteiger partial charge in [-0.1, -0.05) is 12.1 Å². The van der Waals surface area contributed by atoms with Crippen molar-refractivity contribution in [1.82, 2.24) is 10.6 Å². The third-order valence-electron chi connectivity index (χ3n) is 5.06. The number of nitrogens with one attached hydrogen (secondary N) is 2. The molecule has 4 amide bonds. The Bertz CT molecular complexity index is 957. The van der Waals surface area contributed by atoms with Gasteiger partial charge in [0.1, 0.15) is 6.04 Å². The zero-order valence-corrected chi connectivity index (χ0v) is 20.7. The topological polar surface area (TPSA) is 252 Å². The minimum atomic E-state index is -1.66. The Hall–Kier alpha value is -3.75. The van der Waals surface area contributed by atoms with E-state index in [4.69, 9.17) is 32.4 Å². The SMILES string of the molecule is Cc1cccc(OC(=O)[C@H](CCC(N)=O)NC(=O)CCN)c1OC(O)[C@H](CCC(N)=O)NC(=O)CCN. The molecule has 1 aromatic rings. The number of aliphatic hydroxyl groups is 1. The largest absolute Gasteiger partial charge is 0.459 e. The van der Waals surface area contributed by atoms with E-state index in [9.17, 15) is 29.1 Å². The molecule has 14 heteroatoms. The molecule has 1 aromatic carbocycles. The maximum absolute atomic E-state index is 12.9. The quantitative estimate of drug-likeness (QED) is 0.0657. The maximum Gasteiger partial charge on any atom is 0.334 e. The Morgan fingerprint density at radius 1 is 0.892 bits per heavy atom. The lowest BCUT2D eigenvalue weighted by Crippen LogP contribution is -2.47. The van der Waals surface area contributed by atoms with Crippen molar-refractivity contribution in [2.24, 2.45) is 22.9 Å². The normalized spacial score (nSPS) is 13.1. The van der Waals surface area contributed by atoms with E-state index >= 15 is 0 Å². The Kier molecular flexibility index (Phi) is 13.6. The zero-order chi connectivity index (χ0) is 28.0. The summed E-state index contributed by atoms with van der Waals surface area (Å²) in [5.41, 5.74) is 21.6. The van der Waals surface area contributed by atoms with Crippen LogP contribution in [0, 0.1) is 6.92 Å². The molecule has 37 heavy (non-hydrogen) atoms. The minimum Gasteiger partial charge on any atom is -0.459 e. The first-order valence-corrected chi connectivity index (χ1v) is 11.7. The predicted molar refractivity (Wildman–Crippen MR) is 132 cm³/mol. The van der Waals surface area contributed by atoms with Crippen LogP contribution in [-0.2, 0) is 24.0 Å². The number of carbonyl (C=O) groups excluding carboxylic acids is 5. The molecule has 0 saturated carbocycles. The molecule has 0 aliphatic heterocycles. The van der Waals surface area contributed by atoms with E-state index < -0.39 is 48.0 Å². The van der Waals surface area contributed by atoms with Crippen LogP contribution in [0.3, 0.4) is 0 Å². The van der Waals surface area contributed by atoms with Gasteiger partial charge in [-0.3, -0.25) is 19.2 Å². The fourth-order valence-corrected chi connectivity index (χ4v) is 3.17. The van der Waals surface area contributed by atoms with Crippen molar-refractivity contribution < 1.29 is 38.6 Å². The van der Waals surface area contributed by atoms with Crippen LogP contribution < -0.4 is 43.0 Å². The van der Waals surface area contributed by atoms with E-state index in [-0.39, 0.29) is 63.1 Å². The van der Waals surface area contributed by atoms with Crippen molar-refractivity contribution in [3.05, 3.63) is 23.8 Å². The number of primary amides is 2. The Labute approximate surface area is 214 Å². The first-order chi connectivity index (χ1) is 17.5. The molecular formula is C23H36N6O8. The van der Waals surface area contributed by atoms with Crippen LogP contribution in [-0.4, -0.2) is 66.2 Å². The summed E-state index contributed by atoms with van der Waals surface area (Å²) in [5.74, 6) is -3.33. The monoisotopic (exact) mass is 524 g/mol. The molecule has 0 fully saturated rings. The van der Waals surface area contributed by atoms with E-state index in [1.54, 1.807) is 19.1 Å². The van der Waals surface area contributed by atoms with Gasteiger partial charge in [0, 0.05) is 38.8 Å². The van der Waals surface area contributed by atoms with Gasteiger partial charge in [-0.25, -0.2) is 4.79 Å². The van der Waals surface area contributed by atoms with Crippen LogP contribution in [0.25, 0.3) is 0 Å². The van der Waals surface area contributed by atoms with Crippen LogP contribution in [0.4, 0.5) is 0 Å². The molecule has 0 bridgehead atoms. The number of amides is 4. The number of para-hydroxylation sites is 1. The highest BCUT2D eigenvalue weighted by Crippen LogP contribution is 2.32. The van der Waals surface area contributed by atoms with E-state index in [0.717, 1.165) is 0 Å². The average molecular weight is 525 g/mol. The molecule has 3 atom stereocenters. The van der Waals surface area contributed by atoms with Crippen molar-refractivity contribution in [1.29, 1.82) is 0 Å². The molecule has 1 unspecified atom stereocenters. The minimum absolute atomic E-state index is 0.0183. The highest BCUT2D eigenvalue weighted by Gasteiger charge is 2.28. The predicted octanol–water partition coefficient (Wildman–Crippen LogP) is -2.20. The highest BCUT2D eigenvalue weighted by atomic mass is 16.6. The number of aryl methyl sites for hydroxylation is 1. The summed E-state index contributed by atoms with van der Waals surface area (Å²) in [4.78, 5) is 59.4. The molecule has 0 aliphatic rings. The Morgan fingerprint density at radius 3 is 2.03 bits per heavy atom. The third kappa shape index (κ3) is 11.7. The van der Waals surface area contributed by atoms with Crippen molar-refractivity contribution in [2.45, 2.75) is 63.8 Å². The summed E-state index contributed by atoms with van der Waals surface area (Å²) in [5, 5.41) is 15.7. The summed E-state index contributed by atoms with van der Waals surface area (Å²) in [6.07, 6.45) is -2.21. The molecule has 0 radical (unpaired) electrons. The van der Waals surface area contributed by atoms with Gasteiger partial charge in [0.05, 0.1) is 6.04 Å². The lowest BCUT2D eigenvalue weighted by Gasteiger charge is -2.26. The first-order valence-electron chi connectivity index (χ1n) is 11.7. The van der Waals surface area contributed by atoms with Gasteiger partial charge in [0.25, 0.3) is 0 Å². The van der Waals surface area contributed by atoms with Crippen LogP contribution in [0.5, 0.6) is 11.5 Å². The average Bonchev–Trinajstić information content (AvgIpc) is 2.81. The lowest BCUT2D eigenvalue weighted by atomic mass is 10.1. The highest BCUT2D eigenvalue weighted by molar-refractivity contribution is 5.86. The number of carbonyl (C=O) groups is 5. The summed E-state index contributed by atoms with van der Waals surface area (Å²) in [6, 6.07) is 2.34. The number of ether oxygens (including phenoxy) is 2.